The molecule has 1 amide bonds. The molecular weight excluding hydrogens is 661 g/mol. The van der Waals surface area contributed by atoms with Crippen LogP contribution in [0, 0.1) is 0 Å². The average molecular weight is 689 g/mol. The molecule has 0 radical (unpaired) electrons. The van der Waals surface area contributed by atoms with Gasteiger partial charge in [0.25, 0.3) is 5.91 Å². The topological polar surface area (TPSA) is 160 Å². The Hall–Kier alpha value is -2.78. The van der Waals surface area contributed by atoms with Crippen molar-refractivity contribution in [2.75, 3.05) is 38.5 Å². The predicted octanol–water partition coefficient (Wildman–Crippen LogP) is 3.50. The van der Waals surface area contributed by atoms with E-state index in [0.29, 0.717) is 4.31 Å². The molecular formula is C25H28Cl3NO11S2. The standard InChI is InChI=1S/C25H28Cl3NO11S2/c1-16(30)38-15-24(32)29(41(3,33)34)9-4-10-37-18-5-7-20(8-6-18)42(35,36)21-11-22(27)25(23(28)12-21)39-14-19(13-26)40-17(2)31/h5-8,11-12,19H,4,9-10,13-15H2,1-3H3. The molecule has 0 bridgehead atoms. The van der Waals surface area contributed by atoms with E-state index in [4.69, 9.17) is 49.0 Å². The van der Waals surface area contributed by atoms with Crippen molar-refractivity contribution in [1.29, 1.82) is 0 Å². The van der Waals surface area contributed by atoms with Crippen LogP contribution in [0.4, 0.5) is 0 Å². The lowest BCUT2D eigenvalue weighted by atomic mass is 10.3. The first kappa shape index (κ1) is 35.4. The van der Waals surface area contributed by atoms with Crippen LogP contribution in [0.25, 0.3) is 0 Å². The second-order valence-corrected chi connectivity index (χ2v) is 13.6. The number of nitrogens with zero attached hydrogens (tertiary/aromatic N) is 1. The molecule has 2 aromatic carbocycles. The lowest BCUT2D eigenvalue weighted by molar-refractivity contribution is -0.148. The summed E-state index contributed by atoms with van der Waals surface area (Å²) in [4.78, 5) is 33.8. The zero-order valence-corrected chi connectivity index (χ0v) is 26.6. The van der Waals surface area contributed by atoms with Crippen molar-refractivity contribution in [2.24, 2.45) is 0 Å². The number of halogens is 3. The highest BCUT2D eigenvalue weighted by Gasteiger charge is 2.24. The Bertz CT molecular complexity index is 1470. The van der Waals surface area contributed by atoms with E-state index >= 15 is 0 Å². The number of rotatable bonds is 15. The van der Waals surface area contributed by atoms with Crippen LogP contribution in [0.2, 0.25) is 10.0 Å². The summed E-state index contributed by atoms with van der Waals surface area (Å²) < 4.78 is 71.4. The zero-order valence-electron chi connectivity index (χ0n) is 22.7. The smallest absolute Gasteiger partial charge is 0.303 e. The molecule has 17 heteroatoms. The Morgan fingerprint density at radius 3 is 2.00 bits per heavy atom. The Morgan fingerprint density at radius 1 is 0.905 bits per heavy atom. The number of sulfonamides is 1. The molecule has 0 aromatic heterocycles. The summed E-state index contributed by atoms with van der Waals surface area (Å²) in [7, 11) is -7.97. The summed E-state index contributed by atoms with van der Waals surface area (Å²) in [5.41, 5.74) is 0. The van der Waals surface area contributed by atoms with Gasteiger partial charge in [0.2, 0.25) is 19.9 Å². The van der Waals surface area contributed by atoms with E-state index in [2.05, 4.69) is 4.74 Å². The number of esters is 2. The monoisotopic (exact) mass is 687 g/mol. The van der Waals surface area contributed by atoms with E-state index in [1.165, 1.54) is 43.3 Å². The fraction of sp³-hybridized carbons (Fsp3) is 0.400. The Labute approximate surface area is 258 Å². The van der Waals surface area contributed by atoms with E-state index in [1.54, 1.807) is 0 Å². The van der Waals surface area contributed by atoms with Crippen LogP contribution in [0.1, 0.15) is 20.3 Å². The maximum absolute atomic E-state index is 13.2. The Morgan fingerprint density at radius 2 is 1.50 bits per heavy atom. The maximum Gasteiger partial charge on any atom is 0.303 e. The number of sulfone groups is 1. The van der Waals surface area contributed by atoms with Crippen LogP contribution in [0.5, 0.6) is 11.5 Å². The highest BCUT2D eigenvalue weighted by Crippen LogP contribution is 2.37. The molecule has 2 rings (SSSR count). The fourth-order valence-electron chi connectivity index (χ4n) is 3.31. The van der Waals surface area contributed by atoms with E-state index in [-0.39, 0.29) is 63.4 Å². The van der Waals surface area contributed by atoms with Gasteiger partial charge in [-0.2, -0.15) is 0 Å². The molecule has 0 aliphatic heterocycles. The van der Waals surface area contributed by atoms with E-state index < -0.39 is 50.4 Å². The van der Waals surface area contributed by atoms with Crippen molar-refractivity contribution in [3.63, 3.8) is 0 Å². The van der Waals surface area contributed by atoms with Crippen LogP contribution >= 0.6 is 34.8 Å². The molecule has 232 valence electrons. The molecule has 1 unspecified atom stereocenters. The molecule has 0 heterocycles. The molecule has 42 heavy (non-hydrogen) atoms. The van der Waals surface area contributed by atoms with Crippen LogP contribution < -0.4 is 9.47 Å². The highest BCUT2D eigenvalue weighted by molar-refractivity contribution is 7.91. The predicted molar refractivity (Wildman–Crippen MR) is 153 cm³/mol. The number of hydrogen-bond acceptors (Lipinski definition) is 11. The van der Waals surface area contributed by atoms with Gasteiger partial charge in [0, 0.05) is 26.8 Å². The molecule has 0 N–H and O–H groups in total. The maximum atomic E-state index is 13.2. The number of carbonyl (C=O) groups is 3. The van der Waals surface area contributed by atoms with Gasteiger partial charge in [-0.15, -0.1) is 11.6 Å². The van der Waals surface area contributed by atoms with Gasteiger partial charge in [0.05, 0.1) is 38.6 Å². The Kier molecular flexibility index (Phi) is 13.2. The third-order valence-corrected chi connectivity index (χ3v) is 9.03. The summed E-state index contributed by atoms with van der Waals surface area (Å²) in [6.45, 7) is 1.21. The van der Waals surface area contributed by atoms with Gasteiger partial charge in [-0.1, -0.05) is 23.2 Å². The van der Waals surface area contributed by atoms with Gasteiger partial charge in [0.1, 0.15) is 18.5 Å². The number of benzene rings is 2. The molecule has 0 saturated heterocycles. The largest absolute Gasteiger partial charge is 0.494 e. The zero-order chi connectivity index (χ0) is 31.7. The van der Waals surface area contributed by atoms with E-state index in [1.807, 2.05) is 0 Å². The summed E-state index contributed by atoms with van der Waals surface area (Å²) in [6, 6.07) is 7.73. The van der Waals surface area contributed by atoms with Gasteiger partial charge in [-0.25, -0.2) is 21.1 Å². The van der Waals surface area contributed by atoms with Crippen LogP contribution in [-0.4, -0.2) is 83.6 Å². The minimum Gasteiger partial charge on any atom is -0.494 e. The molecule has 0 aliphatic rings. The number of ether oxygens (including phenoxy) is 4. The third kappa shape index (κ3) is 10.5. The van der Waals surface area contributed by atoms with Crippen molar-refractivity contribution in [2.45, 2.75) is 36.2 Å². The molecule has 0 fully saturated rings. The second-order valence-electron chi connectivity index (χ2n) is 8.60. The van der Waals surface area contributed by atoms with Crippen molar-refractivity contribution in [1.82, 2.24) is 4.31 Å². The van der Waals surface area contributed by atoms with Gasteiger partial charge in [-0.3, -0.25) is 14.4 Å². The van der Waals surface area contributed by atoms with Crippen molar-refractivity contribution < 1.29 is 50.2 Å². The van der Waals surface area contributed by atoms with Crippen LogP contribution in [-0.2, 0) is 43.7 Å². The van der Waals surface area contributed by atoms with Crippen LogP contribution in [0.15, 0.2) is 46.2 Å². The van der Waals surface area contributed by atoms with Crippen molar-refractivity contribution in [3.05, 3.63) is 46.4 Å². The normalized spacial score (nSPS) is 12.2. The van der Waals surface area contributed by atoms with Crippen LogP contribution in [0.3, 0.4) is 0 Å². The van der Waals surface area contributed by atoms with Gasteiger partial charge in [0.15, 0.2) is 12.4 Å². The number of alkyl halides is 1. The first-order valence-corrected chi connectivity index (χ1v) is 16.6. The van der Waals surface area contributed by atoms with E-state index in [0.717, 1.165) is 13.2 Å². The molecule has 0 saturated carbocycles. The summed E-state index contributed by atoms with van der Waals surface area (Å²) in [5, 5.41) is -0.182. The third-order valence-electron chi connectivity index (χ3n) is 5.19. The molecule has 0 aliphatic carbocycles. The highest BCUT2D eigenvalue weighted by atomic mass is 35.5. The quantitative estimate of drug-likeness (QED) is 0.153. The minimum absolute atomic E-state index is 0.00628. The first-order chi connectivity index (χ1) is 19.6. The molecule has 1 atom stereocenters. The molecule has 2 aromatic rings. The lowest BCUT2D eigenvalue weighted by Gasteiger charge is -2.20. The van der Waals surface area contributed by atoms with E-state index in [9.17, 15) is 31.2 Å². The Balaban J connectivity index is 2.05. The SMILES string of the molecule is CC(=O)OCC(=O)N(CCCOc1ccc(S(=O)(=O)c2cc(Cl)c(OCC(CCl)OC(C)=O)c(Cl)c2)cc1)S(C)(=O)=O. The van der Waals surface area contributed by atoms with Crippen molar-refractivity contribution in [3.8, 4) is 11.5 Å². The van der Waals surface area contributed by atoms with Crippen molar-refractivity contribution >= 4 is 72.5 Å². The fourth-order valence-corrected chi connectivity index (χ4v) is 6.38. The summed E-state index contributed by atoms with van der Waals surface area (Å²) >= 11 is 18.2. The summed E-state index contributed by atoms with van der Waals surface area (Å²) in [5.74, 6) is -1.95. The lowest BCUT2D eigenvalue weighted by Crippen LogP contribution is -2.40. The number of hydrogen-bond donors (Lipinski definition) is 0. The summed E-state index contributed by atoms with van der Waals surface area (Å²) in [6.07, 6.45) is 0.188. The number of amides is 1. The van der Waals surface area contributed by atoms with Gasteiger partial charge < -0.3 is 18.9 Å². The molecule has 12 nitrogen and oxygen atoms in total. The van der Waals surface area contributed by atoms with Gasteiger partial charge in [-0.05, 0) is 36.4 Å². The number of carbonyl (C=O) groups excluding carboxylic acids is 3. The van der Waals surface area contributed by atoms with Gasteiger partial charge >= 0.3 is 11.9 Å². The second kappa shape index (κ2) is 15.6. The first-order valence-electron chi connectivity index (χ1n) is 12.0. The average Bonchev–Trinajstić information content (AvgIpc) is 2.89. The molecule has 0 spiro atoms. The minimum atomic E-state index is -4.06.